The molecule has 0 aliphatic carbocycles. The number of likely N-dealkylation sites (tertiary alicyclic amines) is 1. The molecule has 0 bridgehead atoms. The number of hydrogen-bond donors (Lipinski definition) is 2. The van der Waals surface area contributed by atoms with Gasteiger partial charge in [0.05, 0.1) is 6.10 Å². The Balaban J connectivity index is 2.03. The van der Waals surface area contributed by atoms with E-state index in [4.69, 9.17) is 17.3 Å². The number of halogens is 1. The molecule has 4 heteroatoms. The highest BCUT2D eigenvalue weighted by Gasteiger charge is 2.24. The molecule has 2 rings (SSSR count). The summed E-state index contributed by atoms with van der Waals surface area (Å²) < 4.78 is 0. The van der Waals surface area contributed by atoms with Gasteiger partial charge in [0.2, 0.25) is 0 Å². The number of rotatable bonds is 2. The highest BCUT2D eigenvalue weighted by molar-refractivity contribution is 6.30. The molecule has 0 amide bonds. The average molecular weight is 255 g/mol. The zero-order valence-electron chi connectivity index (χ0n) is 10.1. The maximum Gasteiger partial charge on any atom is 0.0590 e. The van der Waals surface area contributed by atoms with E-state index in [2.05, 4.69) is 11.8 Å². The van der Waals surface area contributed by atoms with E-state index < -0.39 is 0 Å². The molecular formula is C13H19ClN2O. The number of aliphatic hydroxyl groups excluding tert-OH is 1. The minimum atomic E-state index is -0.164. The topological polar surface area (TPSA) is 49.5 Å². The van der Waals surface area contributed by atoms with Gasteiger partial charge in [0.15, 0.2) is 0 Å². The van der Waals surface area contributed by atoms with Crippen LogP contribution in [0.2, 0.25) is 5.02 Å². The second-order valence-electron chi connectivity index (χ2n) is 4.91. The molecule has 1 aromatic carbocycles. The fourth-order valence-corrected chi connectivity index (χ4v) is 2.51. The van der Waals surface area contributed by atoms with Crippen LogP contribution < -0.4 is 5.73 Å². The molecule has 0 spiro atoms. The van der Waals surface area contributed by atoms with Crippen molar-refractivity contribution in [2.24, 2.45) is 5.92 Å². The highest BCUT2D eigenvalue weighted by Crippen LogP contribution is 2.23. The average Bonchev–Trinajstić information content (AvgIpc) is 2.29. The van der Waals surface area contributed by atoms with Crippen LogP contribution in [0.3, 0.4) is 0 Å². The van der Waals surface area contributed by atoms with Gasteiger partial charge in [-0.3, -0.25) is 4.90 Å². The van der Waals surface area contributed by atoms with Crippen molar-refractivity contribution in [3.63, 3.8) is 0 Å². The van der Waals surface area contributed by atoms with Crippen LogP contribution in [0.4, 0.5) is 5.69 Å². The second kappa shape index (κ2) is 5.25. The van der Waals surface area contributed by atoms with Crippen LogP contribution in [0, 0.1) is 5.92 Å². The summed E-state index contributed by atoms with van der Waals surface area (Å²) >= 11 is 5.97. The van der Waals surface area contributed by atoms with Crippen molar-refractivity contribution in [3.8, 4) is 0 Å². The van der Waals surface area contributed by atoms with Crippen molar-refractivity contribution in [1.82, 2.24) is 4.90 Å². The van der Waals surface area contributed by atoms with E-state index in [1.807, 2.05) is 18.2 Å². The molecule has 1 aliphatic heterocycles. The third kappa shape index (κ3) is 3.12. The largest absolute Gasteiger partial charge is 0.398 e. The summed E-state index contributed by atoms with van der Waals surface area (Å²) in [5, 5.41) is 10.4. The summed E-state index contributed by atoms with van der Waals surface area (Å²) in [6, 6.07) is 5.58. The van der Waals surface area contributed by atoms with Crippen molar-refractivity contribution >= 4 is 17.3 Å². The van der Waals surface area contributed by atoms with Crippen LogP contribution in [0.1, 0.15) is 18.9 Å². The molecule has 1 aliphatic rings. The number of aliphatic hydroxyl groups is 1. The van der Waals surface area contributed by atoms with Crippen LogP contribution in [0.5, 0.6) is 0 Å². The summed E-state index contributed by atoms with van der Waals surface area (Å²) in [6.45, 7) is 4.71. The Kier molecular flexibility index (Phi) is 3.92. The van der Waals surface area contributed by atoms with Gasteiger partial charge in [0, 0.05) is 30.3 Å². The predicted molar refractivity (Wildman–Crippen MR) is 70.9 cm³/mol. The van der Waals surface area contributed by atoms with Crippen LogP contribution in [-0.4, -0.2) is 29.2 Å². The minimum Gasteiger partial charge on any atom is -0.398 e. The van der Waals surface area contributed by atoms with E-state index in [0.29, 0.717) is 5.92 Å². The lowest BCUT2D eigenvalue weighted by Crippen LogP contribution is -2.41. The number of nitrogens with zero attached hydrogens (tertiary/aromatic N) is 1. The number of piperidine rings is 1. The third-order valence-electron chi connectivity index (χ3n) is 3.44. The molecule has 2 atom stereocenters. The summed E-state index contributed by atoms with van der Waals surface area (Å²) in [4.78, 5) is 2.32. The van der Waals surface area contributed by atoms with Crippen LogP contribution in [0.15, 0.2) is 18.2 Å². The van der Waals surface area contributed by atoms with Crippen molar-refractivity contribution < 1.29 is 5.11 Å². The zero-order chi connectivity index (χ0) is 12.4. The van der Waals surface area contributed by atoms with Crippen LogP contribution >= 0.6 is 11.6 Å². The quantitative estimate of drug-likeness (QED) is 0.795. The van der Waals surface area contributed by atoms with Crippen molar-refractivity contribution in [2.75, 3.05) is 18.8 Å². The van der Waals surface area contributed by atoms with Crippen LogP contribution in [0.25, 0.3) is 0 Å². The lowest BCUT2D eigenvalue weighted by atomic mass is 9.96. The van der Waals surface area contributed by atoms with Crippen molar-refractivity contribution in [2.45, 2.75) is 26.0 Å². The molecule has 1 heterocycles. The first-order valence-corrected chi connectivity index (χ1v) is 6.38. The lowest BCUT2D eigenvalue weighted by Gasteiger charge is -2.34. The molecule has 1 saturated heterocycles. The van der Waals surface area contributed by atoms with Gasteiger partial charge in [-0.2, -0.15) is 0 Å². The number of nitrogens with two attached hydrogens (primary N) is 1. The van der Waals surface area contributed by atoms with Gasteiger partial charge in [0.1, 0.15) is 0 Å². The molecule has 17 heavy (non-hydrogen) atoms. The molecule has 0 radical (unpaired) electrons. The smallest absolute Gasteiger partial charge is 0.0590 e. The van der Waals surface area contributed by atoms with Crippen molar-refractivity contribution in [1.29, 1.82) is 0 Å². The van der Waals surface area contributed by atoms with Gasteiger partial charge in [-0.25, -0.2) is 0 Å². The second-order valence-corrected chi connectivity index (χ2v) is 5.35. The fraction of sp³-hybridized carbons (Fsp3) is 0.538. The first-order chi connectivity index (χ1) is 8.06. The fourth-order valence-electron chi connectivity index (χ4n) is 2.32. The van der Waals surface area contributed by atoms with E-state index in [1.165, 1.54) is 0 Å². The summed E-state index contributed by atoms with van der Waals surface area (Å²) in [5.41, 5.74) is 7.79. The number of anilines is 1. The Morgan fingerprint density at radius 3 is 3.00 bits per heavy atom. The summed E-state index contributed by atoms with van der Waals surface area (Å²) in [6.07, 6.45) is 0.671. The molecule has 1 fully saturated rings. The molecule has 2 unspecified atom stereocenters. The minimum absolute atomic E-state index is 0.164. The Morgan fingerprint density at radius 1 is 1.53 bits per heavy atom. The zero-order valence-corrected chi connectivity index (χ0v) is 10.8. The Bertz CT molecular complexity index is 397. The lowest BCUT2D eigenvalue weighted by molar-refractivity contribution is 0.0321. The summed E-state index contributed by atoms with van der Waals surface area (Å²) in [7, 11) is 0. The van der Waals surface area contributed by atoms with Gasteiger partial charge in [-0.15, -0.1) is 0 Å². The Labute approximate surface area is 107 Å². The van der Waals surface area contributed by atoms with E-state index >= 15 is 0 Å². The van der Waals surface area contributed by atoms with Gasteiger partial charge in [-0.1, -0.05) is 18.5 Å². The van der Waals surface area contributed by atoms with Gasteiger partial charge < -0.3 is 10.8 Å². The predicted octanol–water partition coefficient (Wildman–Crippen LogP) is 2.12. The molecule has 1 aromatic rings. The van der Waals surface area contributed by atoms with E-state index in [0.717, 1.165) is 42.3 Å². The summed E-state index contributed by atoms with van der Waals surface area (Å²) in [5.74, 6) is 0.323. The van der Waals surface area contributed by atoms with Crippen molar-refractivity contribution in [3.05, 3.63) is 28.8 Å². The third-order valence-corrected chi connectivity index (χ3v) is 3.68. The van der Waals surface area contributed by atoms with E-state index in [9.17, 15) is 5.11 Å². The van der Waals surface area contributed by atoms with Gasteiger partial charge in [-0.05, 0) is 36.1 Å². The van der Waals surface area contributed by atoms with E-state index in [-0.39, 0.29) is 6.10 Å². The molecular weight excluding hydrogens is 236 g/mol. The monoisotopic (exact) mass is 254 g/mol. The number of nitrogen functional groups attached to an aromatic ring is 1. The molecule has 0 aromatic heterocycles. The number of hydrogen-bond acceptors (Lipinski definition) is 3. The van der Waals surface area contributed by atoms with Gasteiger partial charge in [0.25, 0.3) is 0 Å². The first kappa shape index (κ1) is 12.7. The molecule has 3 N–H and O–H groups in total. The van der Waals surface area contributed by atoms with Crippen LogP contribution in [-0.2, 0) is 6.54 Å². The molecule has 3 nitrogen and oxygen atoms in total. The first-order valence-electron chi connectivity index (χ1n) is 6.00. The Morgan fingerprint density at radius 2 is 2.29 bits per heavy atom. The van der Waals surface area contributed by atoms with E-state index in [1.54, 1.807) is 0 Å². The van der Waals surface area contributed by atoms with Gasteiger partial charge >= 0.3 is 0 Å². The normalized spacial score (nSPS) is 26.1. The maximum atomic E-state index is 9.69. The Hall–Kier alpha value is -0.770. The molecule has 0 saturated carbocycles. The maximum absolute atomic E-state index is 9.69. The standard InChI is InChI=1S/C13H19ClN2O/c1-9-7-16(5-4-13(9)17)8-10-6-11(14)2-3-12(10)15/h2-3,6,9,13,17H,4-5,7-8,15H2,1H3. The molecule has 94 valence electrons. The highest BCUT2D eigenvalue weighted by atomic mass is 35.5. The SMILES string of the molecule is CC1CN(Cc2cc(Cl)ccc2N)CCC1O. The number of benzene rings is 1.